The van der Waals surface area contributed by atoms with Crippen molar-refractivity contribution in [3.8, 4) is 5.75 Å². The molecule has 0 saturated carbocycles. The number of ether oxygens (including phenoxy) is 2. The summed E-state index contributed by atoms with van der Waals surface area (Å²) in [7, 11) is 0. The zero-order chi connectivity index (χ0) is 16.4. The van der Waals surface area contributed by atoms with Gasteiger partial charge in [0, 0.05) is 13.5 Å². The van der Waals surface area contributed by atoms with Gasteiger partial charge in [0.15, 0.2) is 17.4 Å². The molecule has 0 bridgehead atoms. The molecule has 124 valence electrons. The molecule has 0 radical (unpaired) electrons. The van der Waals surface area contributed by atoms with Crippen molar-refractivity contribution in [3.05, 3.63) is 18.6 Å². The van der Waals surface area contributed by atoms with E-state index < -0.39 is 12.5 Å². The van der Waals surface area contributed by atoms with Gasteiger partial charge in [-0.2, -0.15) is 0 Å². The van der Waals surface area contributed by atoms with E-state index in [1.807, 2.05) is 0 Å². The van der Waals surface area contributed by atoms with E-state index in [4.69, 9.17) is 9.47 Å². The lowest BCUT2D eigenvalue weighted by atomic mass is 10.3. The van der Waals surface area contributed by atoms with Crippen LogP contribution in [0.25, 0.3) is 6.08 Å². The zero-order valence-electron chi connectivity index (χ0n) is 13.1. The third-order valence-electron chi connectivity index (χ3n) is 2.62. The van der Waals surface area contributed by atoms with Crippen LogP contribution in [-0.2, 0) is 4.74 Å². The first-order chi connectivity index (χ1) is 10.5. The van der Waals surface area contributed by atoms with Crippen LogP contribution in [0.4, 0.5) is 14.6 Å². The number of hydrogen-bond donors (Lipinski definition) is 1. The Kier molecular flexibility index (Phi) is 7.73. The monoisotopic (exact) mass is 315 g/mol. The molecule has 0 fully saturated rings. The molecule has 0 saturated heterocycles. The average Bonchev–Trinajstić information content (AvgIpc) is 2.47. The number of aromatic nitrogens is 2. The molecule has 1 rings (SSSR count). The third kappa shape index (κ3) is 7.31. The summed E-state index contributed by atoms with van der Waals surface area (Å²) in [5, 5.41) is 3.17. The Balaban J connectivity index is 2.51. The lowest BCUT2D eigenvalue weighted by Gasteiger charge is -2.13. The van der Waals surface area contributed by atoms with Gasteiger partial charge in [-0.3, -0.25) is 0 Å². The summed E-state index contributed by atoms with van der Waals surface area (Å²) in [5.41, 5.74) is 0. The van der Waals surface area contributed by atoms with Crippen LogP contribution < -0.4 is 10.1 Å². The quantitative estimate of drug-likeness (QED) is 0.634. The number of unbranched alkanes of at least 4 members (excludes halogenated alkanes) is 1. The average molecular weight is 315 g/mol. The van der Waals surface area contributed by atoms with E-state index in [9.17, 15) is 8.78 Å². The van der Waals surface area contributed by atoms with Crippen LogP contribution in [0.15, 0.2) is 12.8 Å². The number of halogens is 2. The van der Waals surface area contributed by atoms with Gasteiger partial charge >= 0.3 is 0 Å². The van der Waals surface area contributed by atoms with Crippen molar-refractivity contribution in [1.82, 2.24) is 9.97 Å². The normalized spacial score (nSPS) is 11.3. The minimum Gasteiger partial charge on any atom is -0.486 e. The van der Waals surface area contributed by atoms with Crippen LogP contribution in [-0.4, -0.2) is 42.3 Å². The molecule has 0 aliphatic heterocycles. The smallest absolute Gasteiger partial charge is 0.268 e. The standard InChI is InChI=1S/C15H23F2N3O2/c1-4-6-7-18-14-12(10-19-13(5-2)20-14)22-9-8-21-11-15(3,16)17/h5,10H,2,4,6-9,11H2,1,3H3,(H,18,19,20). The highest BCUT2D eigenvalue weighted by Crippen LogP contribution is 2.21. The summed E-state index contributed by atoms with van der Waals surface area (Å²) in [4.78, 5) is 8.34. The van der Waals surface area contributed by atoms with Crippen molar-refractivity contribution < 1.29 is 18.3 Å². The van der Waals surface area contributed by atoms with Gasteiger partial charge in [0.25, 0.3) is 5.92 Å². The number of hydrogen-bond acceptors (Lipinski definition) is 5. The van der Waals surface area contributed by atoms with Gasteiger partial charge in [0.05, 0.1) is 12.8 Å². The Labute approximate surface area is 129 Å². The van der Waals surface area contributed by atoms with Gasteiger partial charge in [-0.25, -0.2) is 18.7 Å². The Morgan fingerprint density at radius 2 is 2.18 bits per heavy atom. The molecule has 7 heteroatoms. The second-order valence-electron chi connectivity index (χ2n) is 4.90. The van der Waals surface area contributed by atoms with Crippen LogP contribution in [0.1, 0.15) is 32.5 Å². The molecular formula is C15H23F2N3O2. The van der Waals surface area contributed by atoms with Crippen molar-refractivity contribution in [2.75, 3.05) is 31.7 Å². The maximum atomic E-state index is 12.6. The Morgan fingerprint density at radius 3 is 2.82 bits per heavy atom. The van der Waals surface area contributed by atoms with Crippen molar-refractivity contribution >= 4 is 11.9 Å². The molecule has 0 amide bonds. The number of anilines is 1. The first-order valence-corrected chi connectivity index (χ1v) is 7.28. The number of alkyl halides is 2. The highest BCUT2D eigenvalue weighted by Gasteiger charge is 2.20. The SMILES string of the molecule is C=Cc1ncc(OCCOCC(C)(F)F)c(NCCCC)n1. The predicted octanol–water partition coefficient (Wildman–Crippen LogP) is 3.38. The number of rotatable bonds is 11. The second kappa shape index (κ2) is 9.30. The first kappa shape index (κ1) is 18.3. The molecule has 0 aromatic carbocycles. The summed E-state index contributed by atoms with van der Waals surface area (Å²) in [6.07, 6.45) is 5.14. The molecule has 1 heterocycles. The molecule has 1 N–H and O–H groups in total. The fraction of sp³-hybridized carbons (Fsp3) is 0.600. The molecule has 0 spiro atoms. The largest absolute Gasteiger partial charge is 0.486 e. The minimum absolute atomic E-state index is 0.0705. The summed E-state index contributed by atoms with van der Waals surface area (Å²) >= 11 is 0. The summed E-state index contributed by atoms with van der Waals surface area (Å²) in [5.74, 6) is -1.30. The number of nitrogens with zero attached hydrogens (tertiary/aromatic N) is 2. The lowest BCUT2D eigenvalue weighted by molar-refractivity contribution is -0.0663. The summed E-state index contributed by atoms with van der Waals surface area (Å²) in [6.45, 7) is 6.89. The lowest BCUT2D eigenvalue weighted by Crippen LogP contribution is -2.21. The van der Waals surface area contributed by atoms with Gasteiger partial charge in [0.1, 0.15) is 13.2 Å². The molecule has 22 heavy (non-hydrogen) atoms. The number of nitrogens with one attached hydrogen (secondary N) is 1. The van der Waals surface area contributed by atoms with E-state index in [-0.39, 0.29) is 13.2 Å². The highest BCUT2D eigenvalue weighted by atomic mass is 19.3. The van der Waals surface area contributed by atoms with Gasteiger partial charge in [-0.15, -0.1) is 0 Å². The fourth-order valence-electron chi connectivity index (χ4n) is 1.56. The van der Waals surface area contributed by atoms with E-state index in [1.165, 1.54) is 6.20 Å². The van der Waals surface area contributed by atoms with Crippen LogP contribution in [0.3, 0.4) is 0 Å². The van der Waals surface area contributed by atoms with Crippen LogP contribution in [0.2, 0.25) is 0 Å². The van der Waals surface area contributed by atoms with E-state index in [1.54, 1.807) is 6.08 Å². The van der Waals surface area contributed by atoms with Crippen molar-refractivity contribution in [3.63, 3.8) is 0 Å². The van der Waals surface area contributed by atoms with Gasteiger partial charge in [-0.1, -0.05) is 19.9 Å². The first-order valence-electron chi connectivity index (χ1n) is 7.28. The molecule has 0 unspecified atom stereocenters. The maximum absolute atomic E-state index is 12.6. The van der Waals surface area contributed by atoms with E-state index >= 15 is 0 Å². The highest BCUT2D eigenvalue weighted by molar-refractivity contribution is 5.52. The predicted molar refractivity (Wildman–Crippen MR) is 82.5 cm³/mol. The van der Waals surface area contributed by atoms with E-state index in [2.05, 4.69) is 28.8 Å². The van der Waals surface area contributed by atoms with Gasteiger partial charge in [-0.05, 0) is 12.5 Å². The molecule has 0 atom stereocenters. The Morgan fingerprint density at radius 1 is 1.41 bits per heavy atom. The maximum Gasteiger partial charge on any atom is 0.268 e. The van der Waals surface area contributed by atoms with Crippen LogP contribution >= 0.6 is 0 Å². The van der Waals surface area contributed by atoms with Gasteiger partial charge in [0.2, 0.25) is 0 Å². The van der Waals surface area contributed by atoms with Crippen molar-refractivity contribution in [2.45, 2.75) is 32.6 Å². The molecule has 0 aliphatic carbocycles. The van der Waals surface area contributed by atoms with Crippen molar-refractivity contribution in [2.24, 2.45) is 0 Å². The summed E-state index contributed by atoms with van der Waals surface area (Å²) < 4.78 is 35.5. The molecule has 1 aromatic heterocycles. The Hall–Kier alpha value is -1.76. The van der Waals surface area contributed by atoms with E-state index in [0.717, 1.165) is 26.3 Å². The van der Waals surface area contributed by atoms with E-state index in [0.29, 0.717) is 17.4 Å². The molecular weight excluding hydrogens is 292 g/mol. The van der Waals surface area contributed by atoms with Crippen LogP contribution in [0, 0.1) is 0 Å². The second-order valence-corrected chi connectivity index (χ2v) is 4.90. The molecule has 0 aliphatic rings. The van der Waals surface area contributed by atoms with Gasteiger partial charge < -0.3 is 14.8 Å². The molecule has 1 aromatic rings. The zero-order valence-corrected chi connectivity index (χ0v) is 13.1. The summed E-state index contributed by atoms with van der Waals surface area (Å²) in [6, 6.07) is 0. The van der Waals surface area contributed by atoms with Crippen molar-refractivity contribution in [1.29, 1.82) is 0 Å². The molecule has 5 nitrogen and oxygen atoms in total. The third-order valence-corrected chi connectivity index (χ3v) is 2.62. The van der Waals surface area contributed by atoms with Crippen LogP contribution in [0.5, 0.6) is 5.75 Å². The minimum atomic E-state index is -2.83. The fourth-order valence-corrected chi connectivity index (χ4v) is 1.56. The topological polar surface area (TPSA) is 56.3 Å². The Bertz CT molecular complexity index is 465.